The first kappa shape index (κ1) is 14.9. The van der Waals surface area contributed by atoms with Crippen LogP contribution in [0.3, 0.4) is 0 Å². The second-order valence-electron chi connectivity index (χ2n) is 4.62. The minimum atomic E-state index is -0.0768. The Bertz CT molecular complexity index is 732. The second-order valence-corrected chi connectivity index (χ2v) is 4.62. The highest BCUT2D eigenvalue weighted by atomic mass is 16.5. The van der Waals surface area contributed by atoms with Gasteiger partial charge < -0.3 is 14.4 Å². The molecule has 0 aliphatic carbocycles. The Hall–Kier alpha value is -2.45. The molecule has 0 bridgehead atoms. The fraction of sp³-hybridized carbons (Fsp3) is 0.312. The van der Waals surface area contributed by atoms with E-state index in [1.807, 2.05) is 18.2 Å². The molecule has 0 aliphatic heterocycles. The first-order chi connectivity index (χ1) is 10.2. The Balaban J connectivity index is 2.37. The summed E-state index contributed by atoms with van der Waals surface area (Å²) in [5, 5.41) is 8.80. The summed E-state index contributed by atoms with van der Waals surface area (Å²) in [6, 6.07) is 5.58. The zero-order chi connectivity index (χ0) is 15.2. The number of methoxy groups -OCH3 is 1. The maximum atomic E-state index is 11.9. The normalized spacial score (nSPS) is 10.0. The van der Waals surface area contributed by atoms with Gasteiger partial charge in [-0.05, 0) is 23.8 Å². The molecule has 1 aromatic carbocycles. The molecule has 0 saturated heterocycles. The monoisotopic (exact) mass is 286 g/mol. The highest BCUT2D eigenvalue weighted by Crippen LogP contribution is 2.18. The zero-order valence-corrected chi connectivity index (χ0v) is 12.2. The van der Waals surface area contributed by atoms with Gasteiger partial charge in [-0.3, -0.25) is 4.57 Å². The van der Waals surface area contributed by atoms with E-state index in [0.717, 1.165) is 16.9 Å². The van der Waals surface area contributed by atoms with E-state index >= 15 is 0 Å². The standard InChI is InChI=1S/C16H18N2O3/c1-17-8-9-18(16(17)20)12-14-11-15(21-2)7-6-13(14)5-3-4-10-19/h6-9,11,19H,4,10,12H2,1-2H3. The molecule has 5 nitrogen and oxygen atoms in total. The third-order valence-corrected chi connectivity index (χ3v) is 3.13. The van der Waals surface area contributed by atoms with E-state index in [1.54, 1.807) is 31.1 Å². The number of benzene rings is 1. The van der Waals surface area contributed by atoms with Crippen molar-refractivity contribution in [1.29, 1.82) is 0 Å². The fourth-order valence-corrected chi connectivity index (χ4v) is 1.98. The topological polar surface area (TPSA) is 56.4 Å². The lowest BCUT2D eigenvalue weighted by molar-refractivity contribution is 0.305. The Morgan fingerprint density at radius 2 is 2.14 bits per heavy atom. The molecule has 0 unspecified atom stereocenters. The summed E-state index contributed by atoms with van der Waals surface area (Å²) >= 11 is 0. The van der Waals surface area contributed by atoms with Gasteiger partial charge >= 0.3 is 5.69 Å². The number of aryl methyl sites for hydroxylation is 1. The van der Waals surface area contributed by atoms with E-state index in [1.165, 1.54) is 4.57 Å². The van der Waals surface area contributed by atoms with Crippen LogP contribution in [0, 0.1) is 11.8 Å². The van der Waals surface area contributed by atoms with Crippen LogP contribution < -0.4 is 10.4 Å². The molecule has 2 aromatic rings. The van der Waals surface area contributed by atoms with Crippen molar-refractivity contribution < 1.29 is 9.84 Å². The summed E-state index contributed by atoms with van der Waals surface area (Å²) in [4.78, 5) is 11.9. The van der Waals surface area contributed by atoms with E-state index in [4.69, 9.17) is 9.84 Å². The van der Waals surface area contributed by atoms with Crippen molar-refractivity contribution in [3.05, 3.63) is 52.2 Å². The van der Waals surface area contributed by atoms with Gasteiger partial charge in [0.25, 0.3) is 0 Å². The number of nitrogens with zero attached hydrogens (tertiary/aromatic N) is 2. The van der Waals surface area contributed by atoms with Crippen molar-refractivity contribution in [3.63, 3.8) is 0 Å². The molecule has 5 heteroatoms. The van der Waals surface area contributed by atoms with E-state index in [0.29, 0.717) is 13.0 Å². The van der Waals surface area contributed by atoms with Crippen molar-refractivity contribution in [2.75, 3.05) is 13.7 Å². The fourth-order valence-electron chi connectivity index (χ4n) is 1.98. The summed E-state index contributed by atoms with van der Waals surface area (Å²) in [7, 11) is 3.32. The summed E-state index contributed by atoms with van der Waals surface area (Å²) in [5.74, 6) is 6.65. The van der Waals surface area contributed by atoms with Gasteiger partial charge in [0, 0.05) is 31.4 Å². The first-order valence-electron chi connectivity index (χ1n) is 6.64. The number of hydrogen-bond acceptors (Lipinski definition) is 3. The third kappa shape index (κ3) is 3.56. The zero-order valence-electron chi connectivity index (χ0n) is 12.2. The van der Waals surface area contributed by atoms with Gasteiger partial charge in [0.05, 0.1) is 20.3 Å². The molecule has 21 heavy (non-hydrogen) atoms. The molecule has 0 atom stereocenters. The molecule has 0 spiro atoms. The van der Waals surface area contributed by atoms with Crippen LogP contribution in [0.1, 0.15) is 17.5 Å². The van der Waals surface area contributed by atoms with Crippen LogP contribution in [0.15, 0.2) is 35.4 Å². The van der Waals surface area contributed by atoms with E-state index in [9.17, 15) is 4.79 Å². The van der Waals surface area contributed by atoms with Crippen LogP contribution in [0.5, 0.6) is 5.75 Å². The molecule has 0 radical (unpaired) electrons. The number of rotatable bonds is 4. The number of aromatic nitrogens is 2. The van der Waals surface area contributed by atoms with Gasteiger partial charge in [-0.25, -0.2) is 4.79 Å². The van der Waals surface area contributed by atoms with Gasteiger partial charge in [-0.2, -0.15) is 0 Å². The van der Waals surface area contributed by atoms with E-state index in [-0.39, 0.29) is 12.3 Å². The van der Waals surface area contributed by atoms with Gasteiger partial charge in [0.15, 0.2) is 0 Å². The largest absolute Gasteiger partial charge is 0.497 e. The minimum absolute atomic E-state index is 0.0383. The second kappa shape index (κ2) is 6.82. The molecular weight excluding hydrogens is 268 g/mol. The average Bonchev–Trinajstić information content (AvgIpc) is 2.81. The Morgan fingerprint density at radius 3 is 2.76 bits per heavy atom. The smallest absolute Gasteiger partial charge is 0.328 e. The number of imidazole rings is 1. The SMILES string of the molecule is COc1ccc(C#CCCO)c(Cn2ccn(C)c2=O)c1. The van der Waals surface area contributed by atoms with E-state index < -0.39 is 0 Å². The molecule has 0 fully saturated rings. The van der Waals surface area contributed by atoms with Crippen LogP contribution in [0.4, 0.5) is 0 Å². The highest BCUT2D eigenvalue weighted by molar-refractivity contribution is 5.45. The molecule has 0 saturated carbocycles. The summed E-state index contributed by atoms with van der Waals surface area (Å²) in [6.45, 7) is 0.469. The van der Waals surface area contributed by atoms with Gasteiger partial charge in [-0.15, -0.1) is 0 Å². The Kier molecular flexibility index (Phi) is 4.85. The lowest BCUT2D eigenvalue weighted by Crippen LogP contribution is -2.22. The molecule has 0 amide bonds. The Morgan fingerprint density at radius 1 is 1.33 bits per heavy atom. The molecular formula is C16H18N2O3. The lowest BCUT2D eigenvalue weighted by Gasteiger charge is -2.08. The van der Waals surface area contributed by atoms with Crippen molar-refractivity contribution >= 4 is 0 Å². The number of hydrogen-bond donors (Lipinski definition) is 1. The highest BCUT2D eigenvalue weighted by Gasteiger charge is 2.06. The van der Waals surface area contributed by atoms with Crippen LogP contribution in [-0.2, 0) is 13.6 Å². The van der Waals surface area contributed by atoms with Gasteiger partial charge in [0.2, 0.25) is 0 Å². The van der Waals surface area contributed by atoms with Gasteiger partial charge in [0.1, 0.15) is 5.75 Å². The molecule has 1 heterocycles. The predicted octanol–water partition coefficient (Wildman–Crippen LogP) is 0.978. The molecule has 110 valence electrons. The predicted molar refractivity (Wildman–Crippen MR) is 80.3 cm³/mol. The van der Waals surface area contributed by atoms with Crippen LogP contribution in [0.25, 0.3) is 0 Å². The van der Waals surface area contributed by atoms with Gasteiger partial charge in [-0.1, -0.05) is 11.8 Å². The van der Waals surface area contributed by atoms with Crippen molar-refractivity contribution in [3.8, 4) is 17.6 Å². The van der Waals surface area contributed by atoms with Crippen molar-refractivity contribution in [2.45, 2.75) is 13.0 Å². The number of ether oxygens (including phenoxy) is 1. The van der Waals surface area contributed by atoms with E-state index in [2.05, 4.69) is 11.8 Å². The molecule has 2 rings (SSSR count). The van der Waals surface area contributed by atoms with Crippen LogP contribution in [0.2, 0.25) is 0 Å². The number of aliphatic hydroxyl groups is 1. The maximum Gasteiger partial charge on any atom is 0.328 e. The summed E-state index contributed by atoms with van der Waals surface area (Å²) in [6.07, 6.45) is 3.89. The summed E-state index contributed by atoms with van der Waals surface area (Å²) in [5.41, 5.74) is 1.67. The maximum absolute atomic E-state index is 11.9. The number of aliphatic hydroxyl groups excluding tert-OH is 1. The molecule has 0 aliphatic rings. The van der Waals surface area contributed by atoms with Crippen LogP contribution >= 0.6 is 0 Å². The first-order valence-corrected chi connectivity index (χ1v) is 6.64. The third-order valence-electron chi connectivity index (χ3n) is 3.13. The van der Waals surface area contributed by atoms with Crippen molar-refractivity contribution in [2.24, 2.45) is 7.05 Å². The minimum Gasteiger partial charge on any atom is -0.497 e. The summed E-state index contributed by atoms with van der Waals surface area (Å²) < 4.78 is 8.37. The quantitative estimate of drug-likeness (QED) is 0.852. The van der Waals surface area contributed by atoms with Crippen molar-refractivity contribution in [1.82, 2.24) is 9.13 Å². The average molecular weight is 286 g/mol. The lowest BCUT2D eigenvalue weighted by atomic mass is 10.1. The molecule has 1 N–H and O–H groups in total. The van der Waals surface area contributed by atoms with Crippen LogP contribution in [-0.4, -0.2) is 28.0 Å². The molecule has 1 aromatic heterocycles. The Labute approximate surface area is 123 Å².